The largest absolute Gasteiger partial charge is 0.348 e. The Balaban J connectivity index is 1.51. The van der Waals surface area contributed by atoms with Crippen molar-refractivity contribution < 1.29 is 9.18 Å². The smallest absolute Gasteiger partial charge is 0.233 e. The highest BCUT2D eigenvalue weighted by Crippen LogP contribution is 2.42. The van der Waals surface area contributed by atoms with Crippen molar-refractivity contribution in [3.8, 4) is 11.4 Å². The van der Waals surface area contributed by atoms with Crippen molar-refractivity contribution in [2.24, 2.45) is 0 Å². The molecule has 0 aliphatic heterocycles. The third-order valence-corrected chi connectivity index (χ3v) is 6.50. The molecule has 0 unspecified atom stereocenters. The molecule has 4 rings (SSSR count). The zero-order chi connectivity index (χ0) is 21.8. The van der Waals surface area contributed by atoms with E-state index in [2.05, 4.69) is 22.4 Å². The van der Waals surface area contributed by atoms with Crippen LogP contribution in [0.2, 0.25) is 0 Å². The second-order valence-corrected chi connectivity index (χ2v) is 9.22. The number of nitrogens with zero attached hydrogens (tertiary/aromatic N) is 3. The van der Waals surface area contributed by atoms with Gasteiger partial charge in [-0.25, -0.2) is 4.39 Å². The van der Waals surface area contributed by atoms with Crippen LogP contribution in [-0.2, 0) is 4.79 Å². The Labute approximate surface area is 186 Å². The van der Waals surface area contributed by atoms with Crippen LogP contribution in [0.25, 0.3) is 11.4 Å². The van der Waals surface area contributed by atoms with E-state index in [1.807, 2.05) is 41.8 Å². The molecule has 0 spiro atoms. The minimum atomic E-state index is -0.349. The Morgan fingerprint density at radius 3 is 2.55 bits per heavy atom. The van der Waals surface area contributed by atoms with Crippen LogP contribution in [-0.4, -0.2) is 25.9 Å². The molecule has 1 aliphatic rings. The Kier molecular flexibility index (Phi) is 6.70. The number of benzene rings is 2. The number of hydrogen-bond donors (Lipinski definition) is 1. The summed E-state index contributed by atoms with van der Waals surface area (Å²) in [7, 11) is 0. The summed E-state index contributed by atoms with van der Waals surface area (Å²) in [6, 6.07) is 16.9. The summed E-state index contributed by atoms with van der Waals surface area (Å²) in [6.07, 6.45) is 3.88. The first-order valence-electron chi connectivity index (χ1n) is 10.8. The van der Waals surface area contributed by atoms with Gasteiger partial charge in [-0.15, -0.1) is 10.2 Å². The van der Waals surface area contributed by atoms with Crippen molar-refractivity contribution in [2.75, 3.05) is 0 Å². The first-order valence-corrected chi connectivity index (χ1v) is 11.7. The molecule has 0 bridgehead atoms. The Bertz CT molecular complexity index is 1040. The molecule has 1 saturated carbocycles. The van der Waals surface area contributed by atoms with Gasteiger partial charge in [-0.1, -0.05) is 67.6 Å². The molecular formula is C24H27FN4OS. The van der Waals surface area contributed by atoms with Crippen LogP contribution in [0.4, 0.5) is 4.39 Å². The molecule has 0 radical (unpaired) electrons. The number of thioether (sulfide) groups is 1. The van der Waals surface area contributed by atoms with Gasteiger partial charge < -0.3 is 5.32 Å². The molecule has 3 aromatic rings. The highest BCUT2D eigenvalue weighted by Gasteiger charge is 2.32. The molecule has 2 atom stereocenters. The number of halogens is 1. The maximum absolute atomic E-state index is 14.4. The zero-order valence-electron chi connectivity index (χ0n) is 17.8. The third-order valence-electron chi connectivity index (χ3n) is 5.44. The van der Waals surface area contributed by atoms with E-state index in [1.54, 1.807) is 18.2 Å². The monoisotopic (exact) mass is 438 g/mol. The van der Waals surface area contributed by atoms with Gasteiger partial charge in [0.15, 0.2) is 11.0 Å². The number of rotatable bonds is 9. The Hall–Kier alpha value is -2.67. The number of hydrogen-bond acceptors (Lipinski definition) is 4. The lowest BCUT2D eigenvalue weighted by molar-refractivity contribution is -0.121. The SMILES string of the molecule is CCC[C@@H](NC(=O)[C@@H](C)Sc1nnc(-c2ccccc2F)n1C1CC1)c1ccccc1. The normalized spacial score (nSPS) is 15.5. The van der Waals surface area contributed by atoms with Gasteiger partial charge in [0.1, 0.15) is 5.82 Å². The molecule has 1 heterocycles. The zero-order valence-corrected chi connectivity index (χ0v) is 18.6. The van der Waals surface area contributed by atoms with Crippen molar-refractivity contribution in [1.82, 2.24) is 20.1 Å². The summed E-state index contributed by atoms with van der Waals surface area (Å²) < 4.78 is 16.4. The predicted molar refractivity (Wildman–Crippen MR) is 121 cm³/mol. The van der Waals surface area contributed by atoms with E-state index in [0.29, 0.717) is 16.5 Å². The van der Waals surface area contributed by atoms with Crippen LogP contribution in [0, 0.1) is 5.82 Å². The van der Waals surface area contributed by atoms with E-state index in [-0.39, 0.29) is 29.1 Å². The fourth-order valence-corrected chi connectivity index (χ4v) is 4.57. The number of nitrogens with one attached hydrogen (secondary N) is 1. The molecule has 2 aromatic carbocycles. The fourth-order valence-electron chi connectivity index (χ4n) is 3.64. The molecule has 7 heteroatoms. The van der Waals surface area contributed by atoms with E-state index in [4.69, 9.17) is 0 Å². The molecule has 1 aliphatic carbocycles. The summed E-state index contributed by atoms with van der Waals surface area (Å²) in [5, 5.41) is 12.1. The average molecular weight is 439 g/mol. The highest BCUT2D eigenvalue weighted by molar-refractivity contribution is 8.00. The molecule has 162 valence electrons. The van der Waals surface area contributed by atoms with Crippen LogP contribution in [0.1, 0.15) is 57.2 Å². The standard InChI is InChI=1S/C24H27FN4OS/c1-3-9-21(17-10-5-4-6-11-17)26-23(30)16(2)31-24-28-27-22(29(24)18-14-15-18)19-12-7-8-13-20(19)25/h4-8,10-13,16,18,21H,3,9,14-15H2,1-2H3,(H,26,30)/t16-,21-/m1/s1. The number of carbonyl (C=O) groups is 1. The van der Waals surface area contributed by atoms with Gasteiger partial charge in [0.05, 0.1) is 16.9 Å². The average Bonchev–Trinajstić information content (AvgIpc) is 3.54. The van der Waals surface area contributed by atoms with Gasteiger partial charge >= 0.3 is 0 Å². The van der Waals surface area contributed by atoms with E-state index < -0.39 is 0 Å². The van der Waals surface area contributed by atoms with E-state index >= 15 is 0 Å². The molecule has 0 saturated heterocycles. The summed E-state index contributed by atoms with van der Waals surface area (Å²) in [5.41, 5.74) is 1.55. The van der Waals surface area contributed by atoms with E-state index in [9.17, 15) is 9.18 Å². The van der Waals surface area contributed by atoms with Crippen LogP contribution in [0.15, 0.2) is 59.8 Å². The van der Waals surface area contributed by atoms with E-state index in [0.717, 1.165) is 31.2 Å². The molecule has 5 nitrogen and oxygen atoms in total. The lowest BCUT2D eigenvalue weighted by Crippen LogP contribution is -2.34. The van der Waals surface area contributed by atoms with Crippen LogP contribution >= 0.6 is 11.8 Å². The third kappa shape index (κ3) is 4.98. The summed E-state index contributed by atoms with van der Waals surface area (Å²) >= 11 is 1.38. The lowest BCUT2D eigenvalue weighted by atomic mass is 10.0. The van der Waals surface area contributed by atoms with Crippen LogP contribution in [0.5, 0.6) is 0 Å². The molecule has 1 aromatic heterocycles. The van der Waals surface area contributed by atoms with Gasteiger partial charge in [0.25, 0.3) is 0 Å². The first kappa shape index (κ1) is 21.6. The van der Waals surface area contributed by atoms with Gasteiger partial charge in [0, 0.05) is 6.04 Å². The second-order valence-electron chi connectivity index (χ2n) is 7.91. The van der Waals surface area contributed by atoms with Crippen molar-refractivity contribution >= 4 is 17.7 Å². The van der Waals surface area contributed by atoms with Gasteiger partial charge in [0.2, 0.25) is 5.91 Å². The molecular weight excluding hydrogens is 411 g/mol. The maximum atomic E-state index is 14.4. The second kappa shape index (κ2) is 9.64. The van der Waals surface area contributed by atoms with Gasteiger partial charge in [-0.2, -0.15) is 0 Å². The van der Waals surface area contributed by atoms with Crippen molar-refractivity contribution in [3.63, 3.8) is 0 Å². The molecule has 1 amide bonds. The van der Waals surface area contributed by atoms with Crippen molar-refractivity contribution in [3.05, 3.63) is 66.0 Å². The molecule has 1 fully saturated rings. The highest BCUT2D eigenvalue weighted by atomic mass is 32.2. The van der Waals surface area contributed by atoms with E-state index in [1.165, 1.54) is 17.8 Å². The minimum Gasteiger partial charge on any atom is -0.348 e. The fraction of sp³-hybridized carbons (Fsp3) is 0.375. The van der Waals surface area contributed by atoms with Crippen LogP contribution in [0.3, 0.4) is 0 Å². The van der Waals surface area contributed by atoms with Crippen molar-refractivity contribution in [1.29, 1.82) is 0 Å². The quantitative estimate of drug-likeness (QED) is 0.445. The van der Waals surface area contributed by atoms with Crippen LogP contribution < -0.4 is 5.32 Å². The lowest BCUT2D eigenvalue weighted by Gasteiger charge is -2.21. The van der Waals surface area contributed by atoms with Gasteiger partial charge in [-0.05, 0) is 43.9 Å². The number of aromatic nitrogens is 3. The summed E-state index contributed by atoms with van der Waals surface area (Å²) in [4.78, 5) is 13.0. The van der Waals surface area contributed by atoms with Crippen molar-refractivity contribution in [2.45, 2.75) is 62.0 Å². The first-order chi connectivity index (χ1) is 15.1. The maximum Gasteiger partial charge on any atom is 0.233 e. The minimum absolute atomic E-state index is 0.0166. The topological polar surface area (TPSA) is 59.8 Å². The van der Waals surface area contributed by atoms with Gasteiger partial charge in [-0.3, -0.25) is 9.36 Å². The summed E-state index contributed by atoms with van der Waals surface area (Å²) in [6.45, 7) is 3.99. The summed E-state index contributed by atoms with van der Waals surface area (Å²) in [5.74, 6) is 0.179. The number of amides is 1. The molecule has 1 N–H and O–H groups in total. The predicted octanol–water partition coefficient (Wildman–Crippen LogP) is 5.56. The Morgan fingerprint density at radius 1 is 1.16 bits per heavy atom. The number of carbonyl (C=O) groups excluding carboxylic acids is 1. The Morgan fingerprint density at radius 2 is 1.87 bits per heavy atom. The molecule has 31 heavy (non-hydrogen) atoms.